The van der Waals surface area contributed by atoms with E-state index >= 15 is 0 Å². The lowest BCUT2D eigenvalue weighted by Crippen LogP contribution is -1.99. The molecule has 0 atom stereocenters. The van der Waals surface area contributed by atoms with Gasteiger partial charge < -0.3 is 10.2 Å². The highest BCUT2D eigenvalue weighted by Gasteiger charge is 2.16. The largest absolute Gasteiger partial charge is 0.506 e. The third-order valence-electron chi connectivity index (χ3n) is 2.13. The summed E-state index contributed by atoms with van der Waals surface area (Å²) in [7, 11) is 0. The quantitative estimate of drug-likeness (QED) is 0.757. The van der Waals surface area contributed by atoms with Gasteiger partial charge in [-0.25, -0.2) is 4.79 Å². The van der Waals surface area contributed by atoms with Gasteiger partial charge in [-0.3, -0.25) is 0 Å². The van der Waals surface area contributed by atoms with Crippen LogP contribution in [0.5, 0.6) is 5.75 Å². The Bertz CT molecular complexity index is 513. The number of aromatic hydroxyl groups is 1. The third-order valence-corrected chi connectivity index (χ3v) is 3.06. The summed E-state index contributed by atoms with van der Waals surface area (Å²) < 4.78 is 0.632. The van der Waals surface area contributed by atoms with Crippen molar-refractivity contribution in [3.05, 3.63) is 28.6 Å². The molecule has 0 saturated carbocycles. The maximum absolute atomic E-state index is 10.9. The molecule has 1 heterocycles. The summed E-state index contributed by atoms with van der Waals surface area (Å²) in [6.07, 6.45) is 0. The van der Waals surface area contributed by atoms with E-state index in [1.807, 2.05) is 11.4 Å². The molecule has 0 bridgehead atoms. The molecule has 0 amide bonds. The number of carboxylic acids is 1. The lowest BCUT2D eigenvalue weighted by Gasteiger charge is -2.04. The summed E-state index contributed by atoms with van der Waals surface area (Å²) in [4.78, 5) is 10.9. The lowest BCUT2D eigenvalue weighted by molar-refractivity contribution is 0.0693. The van der Waals surface area contributed by atoms with Crippen LogP contribution in [-0.4, -0.2) is 16.2 Å². The molecule has 1 aromatic carbocycles. The van der Waals surface area contributed by atoms with E-state index in [1.54, 1.807) is 13.0 Å². The van der Waals surface area contributed by atoms with Crippen molar-refractivity contribution in [2.24, 2.45) is 0 Å². The molecule has 1 aromatic heterocycles. The van der Waals surface area contributed by atoms with Gasteiger partial charge >= 0.3 is 5.97 Å². The summed E-state index contributed by atoms with van der Waals surface area (Å²) in [6.45, 7) is 1.68. The van der Waals surface area contributed by atoms with E-state index < -0.39 is 5.97 Å². The minimum atomic E-state index is -1.09. The molecule has 0 aliphatic rings. The molecular formula is C10H8O3S. The number of carbonyl (C=O) groups is 1. The molecule has 3 nitrogen and oxygen atoms in total. The highest BCUT2D eigenvalue weighted by atomic mass is 32.1. The van der Waals surface area contributed by atoms with Crippen LogP contribution in [0.3, 0.4) is 0 Å². The van der Waals surface area contributed by atoms with Gasteiger partial charge in [0.25, 0.3) is 0 Å². The van der Waals surface area contributed by atoms with Crippen LogP contribution < -0.4 is 0 Å². The Morgan fingerprint density at radius 2 is 2.21 bits per heavy atom. The molecule has 0 spiro atoms. The molecule has 2 rings (SSSR count). The molecule has 0 aliphatic carbocycles. The fraction of sp³-hybridized carbons (Fsp3) is 0.100. The van der Waals surface area contributed by atoms with Gasteiger partial charge in [-0.05, 0) is 35.4 Å². The number of benzene rings is 1. The van der Waals surface area contributed by atoms with E-state index in [1.165, 1.54) is 11.3 Å². The first-order valence-corrected chi connectivity index (χ1v) is 4.92. The second kappa shape index (κ2) is 2.99. The van der Waals surface area contributed by atoms with Gasteiger partial charge in [0.1, 0.15) is 11.3 Å². The van der Waals surface area contributed by atoms with Crippen LogP contribution in [0.4, 0.5) is 0 Å². The fourth-order valence-electron chi connectivity index (χ4n) is 1.50. The van der Waals surface area contributed by atoms with Crippen LogP contribution in [-0.2, 0) is 0 Å². The minimum Gasteiger partial charge on any atom is -0.506 e. The standard InChI is InChI=1S/C10H8O3S/c1-5-4-6-2-3-14-9(6)8(11)7(5)10(12)13/h2-4,11H,1H3,(H,12,13). The van der Waals surface area contributed by atoms with Crippen molar-refractivity contribution in [1.82, 2.24) is 0 Å². The normalized spacial score (nSPS) is 10.6. The average molecular weight is 208 g/mol. The first kappa shape index (κ1) is 9.02. The number of phenols is 1. The van der Waals surface area contributed by atoms with E-state index in [9.17, 15) is 9.90 Å². The summed E-state index contributed by atoms with van der Waals surface area (Å²) in [5.41, 5.74) is 0.584. The Hall–Kier alpha value is -1.55. The highest BCUT2D eigenvalue weighted by molar-refractivity contribution is 7.17. The molecule has 72 valence electrons. The Labute approximate surface area is 84.2 Å². The predicted octanol–water partition coefficient (Wildman–Crippen LogP) is 2.61. The zero-order valence-corrected chi connectivity index (χ0v) is 8.26. The average Bonchev–Trinajstić information content (AvgIpc) is 2.50. The molecule has 0 unspecified atom stereocenters. The number of fused-ring (bicyclic) bond motifs is 1. The van der Waals surface area contributed by atoms with Gasteiger partial charge in [0.15, 0.2) is 0 Å². The Morgan fingerprint density at radius 1 is 1.50 bits per heavy atom. The predicted molar refractivity (Wildman–Crippen MR) is 55.2 cm³/mol. The van der Waals surface area contributed by atoms with Crippen molar-refractivity contribution >= 4 is 27.4 Å². The van der Waals surface area contributed by atoms with E-state index in [4.69, 9.17) is 5.11 Å². The van der Waals surface area contributed by atoms with E-state index in [0.717, 1.165) is 5.39 Å². The molecule has 14 heavy (non-hydrogen) atoms. The van der Waals surface area contributed by atoms with Crippen LogP contribution in [0.15, 0.2) is 17.5 Å². The van der Waals surface area contributed by atoms with Crippen molar-refractivity contribution < 1.29 is 15.0 Å². The second-order valence-corrected chi connectivity index (χ2v) is 3.98. The smallest absolute Gasteiger partial charge is 0.339 e. The molecule has 4 heteroatoms. The third kappa shape index (κ3) is 1.15. The van der Waals surface area contributed by atoms with Crippen LogP contribution >= 0.6 is 11.3 Å². The molecule has 0 aliphatic heterocycles. The van der Waals surface area contributed by atoms with Gasteiger partial charge in [-0.2, -0.15) is 0 Å². The summed E-state index contributed by atoms with van der Waals surface area (Å²) in [5, 5.41) is 21.3. The monoisotopic (exact) mass is 208 g/mol. The number of aryl methyl sites for hydroxylation is 1. The maximum Gasteiger partial charge on any atom is 0.339 e. The molecule has 0 saturated heterocycles. The zero-order chi connectivity index (χ0) is 10.3. The van der Waals surface area contributed by atoms with Crippen LogP contribution in [0.2, 0.25) is 0 Å². The van der Waals surface area contributed by atoms with E-state index in [0.29, 0.717) is 10.3 Å². The van der Waals surface area contributed by atoms with Crippen molar-refractivity contribution in [2.45, 2.75) is 6.92 Å². The van der Waals surface area contributed by atoms with Gasteiger partial charge in [0, 0.05) is 0 Å². The Morgan fingerprint density at radius 3 is 2.86 bits per heavy atom. The molecular weight excluding hydrogens is 200 g/mol. The second-order valence-electron chi connectivity index (χ2n) is 3.06. The topological polar surface area (TPSA) is 57.5 Å². The van der Waals surface area contributed by atoms with Gasteiger partial charge in [-0.1, -0.05) is 0 Å². The first-order valence-electron chi connectivity index (χ1n) is 4.04. The first-order chi connectivity index (χ1) is 6.61. The van der Waals surface area contributed by atoms with Crippen molar-refractivity contribution in [3.8, 4) is 5.75 Å². The SMILES string of the molecule is Cc1cc2ccsc2c(O)c1C(=O)O. The van der Waals surface area contributed by atoms with Gasteiger partial charge in [-0.15, -0.1) is 11.3 Å². The summed E-state index contributed by atoms with van der Waals surface area (Å²) in [6, 6.07) is 3.63. The lowest BCUT2D eigenvalue weighted by atomic mass is 10.1. The summed E-state index contributed by atoms with van der Waals surface area (Å²) in [5.74, 6) is -1.21. The highest BCUT2D eigenvalue weighted by Crippen LogP contribution is 2.35. The summed E-state index contributed by atoms with van der Waals surface area (Å²) >= 11 is 1.34. The van der Waals surface area contributed by atoms with Gasteiger partial charge in [0.05, 0.1) is 4.70 Å². The van der Waals surface area contributed by atoms with Crippen molar-refractivity contribution in [2.75, 3.05) is 0 Å². The Kier molecular flexibility index (Phi) is 1.93. The van der Waals surface area contributed by atoms with E-state index in [2.05, 4.69) is 0 Å². The number of rotatable bonds is 1. The maximum atomic E-state index is 10.9. The Balaban J connectivity index is 2.89. The van der Waals surface area contributed by atoms with Crippen molar-refractivity contribution in [3.63, 3.8) is 0 Å². The van der Waals surface area contributed by atoms with Crippen LogP contribution in [0.1, 0.15) is 15.9 Å². The minimum absolute atomic E-state index is 0.0000463. The molecule has 0 radical (unpaired) electrons. The number of aromatic carboxylic acids is 1. The fourth-order valence-corrected chi connectivity index (χ4v) is 2.33. The molecule has 2 aromatic rings. The van der Waals surface area contributed by atoms with Crippen LogP contribution in [0, 0.1) is 6.92 Å². The van der Waals surface area contributed by atoms with Crippen molar-refractivity contribution in [1.29, 1.82) is 0 Å². The number of hydrogen-bond donors (Lipinski definition) is 2. The van der Waals surface area contributed by atoms with Crippen LogP contribution in [0.25, 0.3) is 10.1 Å². The number of carboxylic acid groups (broad SMARTS) is 1. The number of hydrogen-bond acceptors (Lipinski definition) is 3. The molecule has 0 fully saturated rings. The number of thiophene rings is 1. The van der Waals surface area contributed by atoms with Gasteiger partial charge in [0.2, 0.25) is 0 Å². The van der Waals surface area contributed by atoms with E-state index in [-0.39, 0.29) is 11.3 Å². The molecule has 2 N–H and O–H groups in total. The zero-order valence-electron chi connectivity index (χ0n) is 7.44.